The van der Waals surface area contributed by atoms with Gasteiger partial charge in [-0.2, -0.15) is 0 Å². The molecular formula is C14H17FN2O. The normalized spacial score (nSPS) is 11.0. The van der Waals surface area contributed by atoms with E-state index in [0.29, 0.717) is 28.4 Å². The van der Waals surface area contributed by atoms with Crippen LogP contribution < -0.4 is 10.1 Å². The summed E-state index contributed by atoms with van der Waals surface area (Å²) in [5.74, 6) is 1.32. The van der Waals surface area contributed by atoms with Gasteiger partial charge >= 0.3 is 0 Å². The Morgan fingerprint density at radius 1 is 1.33 bits per heavy atom. The third kappa shape index (κ3) is 1.98. The van der Waals surface area contributed by atoms with E-state index in [2.05, 4.69) is 24.1 Å². The maximum Gasteiger partial charge on any atom is 0.149 e. The standard InChI is InChI=1S/C14H17FN2O/c1-8(2)9-7-10-12(18-4)6-5-11(15)13(10)17-14(9)16-3/h5-8H,1-4H3,(H,16,17). The van der Waals surface area contributed by atoms with Crippen molar-refractivity contribution >= 4 is 16.7 Å². The molecule has 0 amide bonds. The Bertz CT molecular complexity index is 582. The summed E-state index contributed by atoms with van der Waals surface area (Å²) in [7, 11) is 3.37. The molecule has 96 valence electrons. The predicted octanol–water partition coefficient (Wildman–Crippen LogP) is 3.55. The van der Waals surface area contributed by atoms with Crippen LogP contribution in [0.25, 0.3) is 10.9 Å². The van der Waals surface area contributed by atoms with Crippen molar-refractivity contribution in [2.45, 2.75) is 19.8 Å². The number of pyridine rings is 1. The second-order valence-corrected chi connectivity index (χ2v) is 4.48. The molecule has 3 nitrogen and oxygen atoms in total. The number of methoxy groups -OCH3 is 1. The Hall–Kier alpha value is -1.84. The summed E-state index contributed by atoms with van der Waals surface area (Å²) >= 11 is 0. The van der Waals surface area contributed by atoms with E-state index in [1.165, 1.54) is 6.07 Å². The largest absolute Gasteiger partial charge is 0.496 e. The van der Waals surface area contributed by atoms with Crippen molar-refractivity contribution in [2.75, 3.05) is 19.5 Å². The van der Waals surface area contributed by atoms with Crippen molar-refractivity contribution in [1.82, 2.24) is 4.98 Å². The van der Waals surface area contributed by atoms with E-state index in [1.807, 2.05) is 6.07 Å². The monoisotopic (exact) mass is 248 g/mol. The van der Waals surface area contributed by atoms with Crippen molar-refractivity contribution in [3.63, 3.8) is 0 Å². The molecule has 0 aliphatic rings. The highest BCUT2D eigenvalue weighted by molar-refractivity contribution is 5.88. The average molecular weight is 248 g/mol. The first-order chi connectivity index (χ1) is 8.58. The average Bonchev–Trinajstić information content (AvgIpc) is 2.38. The number of ether oxygens (including phenoxy) is 1. The lowest BCUT2D eigenvalue weighted by molar-refractivity contribution is 0.419. The molecule has 2 aromatic rings. The molecule has 0 saturated heterocycles. The summed E-state index contributed by atoms with van der Waals surface area (Å²) in [6, 6.07) is 4.95. The molecule has 0 fully saturated rings. The van der Waals surface area contributed by atoms with E-state index < -0.39 is 0 Å². The highest BCUT2D eigenvalue weighted by Crippen LogP contribution is 2.32. The summed E-state index contributed by atoms with van der Waals surface area (Å²) in [6.07, 6.45) is 0. The van der Waals surface area contributed by atoms with Crippen LogP contribution in [0.3, 0.4) is 0 Å². The van der Waals surface area contributed by atoms with Gasteiger partial charge in [-0.25, -0.2) is 9.37 Å². The summed E-state index contributed by atoms with van der Waals surface area (Å²) < 4.78 is 19.1. The Kier molecular flexibility index (Phi) is 3.36. The van der Waals surface area contributed by atoms with Crippen LogP contribution in [0.15, 0.2) is 18.2 Å². The molecule has 0 unspecified atom stereocenters. The maximum absolute atomic E-state index is 13.8. The van der Waals surface area contributed by atoms with Crippen molar-refractivity contribution in [3.8, 4) is 5.75 Å². The first kappa shape index (κ1) is 12.6. The van der Waals surface area contributed by atoms with Crippen molar-refractivity contribution in [3.05, 3.63) is 29.6 Å². The van der Waals surface area contributed by atoms with E-state index in [1.54, 1.807) is 20.2 Å². The summed E-state index contributed by atoms with van der Waals surface area (Å²) in [5.41, 5.74) is 1.39. The van der Waals surface area contributed by atoms with Gasteiger partial charge in [-0.3, -0.25) is 0 Å². The van der Waals surface area contributed by atoms with Gasteiger partial charge in [0, 0.05) is 12.4 Å². The van der Waals surface area contributed by atoms with Gasteiger partial charge < -0.3 is 10.1 Å². The minimum absolute atomic E-state index is 0.303. The molecule has 1 aromatic heterocycles. The Morgan fingerprint density at radius 3 is 2.61 bits per heavy atom. The van der Waals surface area contributed by atoms with Gasteiger partial charge in [0.2, 0.25) is 0 Å². The van der Waals surface area contributed by atoms with Gasteiger partial charge in [0.25, 0.3) is 0 Å². The van der Waals surface area contributed by atoms with Crippen LogP contribution in [0.4, 0.5) is 10.2 Å². The number of hydrogen-bond acceptors (Lipinski definition) is 3. The topological polar surface area (TPSA) is 34.2 Å². The second-order valence-electron chi connectivity index (χ2n) is 4.48. The molecule has 18 heavy (non-hydrogen) atoms. The number of aromatic nitrogens is 1. The second kappa shape index (κ2) is 4.80. The summed E-state index contributed by atoms with van der Waals surface area (Å²) in [5, 5.41) is 3.72. The van der Waals surface area contributed by atoms with Crippen LogP contribution >= 0.6 is 0 Å². The number of anilines is 1. The van der Waals surface area contributed by atoms with Gasteiger partial charge in [-0.15, -0.1) is 0 Å². The lowest BCUT2D eigenvalue weighted by Crippen LogP contribution is -2.02. The number of nitrogens with zero attached hydrogens (tertiary/aromatic N) is 1. The van der Waals surface area contributed by atoms with E-state index >= 15 is 0 Å². The molecule has 1 heterocycles. The van der Waals surface area contributed by atoms with E-state index in [0.717, 1.165) is 5.56 Å². The molecule has 0 saturated carbocycles. The van der Waals surface area contributed by atoms with Gasteiger partial charge in [0.15, 0.2) is 0 Å². The third-order valence-corrected chi connectivity index (χ3v) is 3.00. The molecule has 0 bridgehead atoms. The van der Waals surface area contributed by atoms with Crippen LogP contribution in [0.2, 0.25) is 0 Å². The third-order valence-electron chi connectivity index (χ3n) is 3.00. The van der Waals surface area contributed by atoms with Gasteiger partial charge in [-0.1, -0.05) is 13.8 Å². The molecule has 1 N–H and O–H groups in total. The van der Waals surface area contributed by atoms with Crippen LogP contribution in [0, 0.1) is 5.82 Å². The fourth-order valence-electron chi connectivity index (χ4n) is 2.03. The SMILES string of the molecule is CNc1nc2c(F)ccc(OC)c2cc1C(C)C. The summed E-state index contributed by atoms with van der Waals surface area (Å²) in [6.45, 7) is 4.16. The highest BCUT2D eigenvalue weighted by atomic mass is 19.1. The Morgan fingerprint density at radius 2 is 2.06 bits per heavy atom. The molecule has 0 atom stereocenters. The molecule has 1 aromatic carbocycles. The lowest BCUT2D eigenvalue weighted by Gasteiger charge is -2.14. The molecule has 0 aliphatic heterocycles. The zero-order valence-corrected chi connectivity index (χ0v) is 11.0. The fraction of sp³-hybridized carbons (Fsp3) is 0.357. The Labute approximate surface area is 106 Å². The van der Waals surface area contributed by atoms with E-state index in [-0.39, 0.29) is 5.82 Å². The number of halogens is 1. The molecular weight excluding hydrogens is 231 g/mol. The number of rotatable bonds is 3. The van der Waals surface area contributed by atoms with E-state index in [9.17, 15) is 4.39 Å². The van der Waals surface area contributed by atoms with Gasteiger partial charge in [0.1, 0.15) is 22.9 Å². The molecule has 0 aliphatic carbocycles. The maximum atomic E-state index is 13.8. The lowest BCUT2D eigenvalue weighted by atomic mass is 10.0. The summed E-state index contributed by atoms with van der Waals surface area (Å²) in [4.78, 5) is 4.36. The Balaban J connectivity index is 2.82. The fourth-order valence-corrected chi connectivity index (χ4v) is 2.03. The quantitative estimate of drug-likeness (QED) is 0.902. The zero-order chi connectivity index (χ0) is 13.3. The van der Waals surface area contributed by atoms with Gasteiger partial charge in [-0.05, 0) is 29.7 Å². The molecule has 4 heteroatoms. The highest BCUT2D eigenvalue weighted by Gasteiger charge is 2.14. The van der Waals surface area contributed by atoms with Crippen LogP contribution in [0.5, 0.6) is 5.75 Å². The molecule has 0 spiro atoms. The first-order valence-corrected chi connectivity index (χ1v) is 5.93. The first-order valence-electron chi connectivity index (χ1n) is 5.93. The minimum Gasteiger partial charge on any atom is -0.496 e. The van der Waals surface area contributed by atoms with Crippen molar-refractivity contribution < 1.29 is 9.13 Å². The number of nitrogens with one attached hydrogen (secondary N) is 1. The zero-order valence-electron chi connectivity index (χ0n) is 11.0. The number of hydrogen-bond donors (Lipinski definition) is 1. The number of fused-ring (bicyclic) bond motifs is 1. The smallest absolute Gasteiger partial charge is 0.149 e. The van der Waals surface area contributed by atoms with E-state index in [4.69, 9.17) is 4.74 Å². The number of benzene rings is 1. The van der Waals surface area contributed by atoms with Crippen LogP contribution in [0.1, 0.15) is 25.3 Å². The predicted molar refractivity (Wildman–Crippen MR) is 71.9 cm³/mol. The van der Waals surface area contributed by atoms with Crippen LogP contribution in [-0.2, 0) is 0 Å². The molecule has 2 rings (SSSR count). The minimum atomic E-state index is -0.336. The van der Waals surface area contributed by atoms with Crippen molar-refractivity contribution in [1.29, 1.82) is 0 Å². The van der Waals surface area contributed by atoms with Crippen LogP contribution in [-0.4, -0.2) is 19.1 Å². The molecule has 0 radical (unpaired) electrons. The van der Waals surface area contributed by atoms with Crippen molar-refractivity contribution in [2.24, 2.45) is 0 Å². The van der Waals surface area contributed by atoms with Gasteiger partial charge in [0.05, 0.1) is 7.11 Å².